The highest BCUT2D eigenvalue weighted by Crippen LogP contribution is 2.46. The van der Waals surface area contributed by atoms with E-state index in [2.05, 4.69) is 5.32 Å². The number of aliphatic imine (C=N–C) groups is 1. The van der Waals surface area contributed by atoms with Gasteiger partial charge in [-0.1, -0.05) is 42.1 Å². The van der Waals surface area contributed by atoms with Crippen molar-refractivity contribution in [3.05, 3.63) is 82.0 Å². The van der Waals surface area contributed by atoms with E-state index in [0.29, 0.717) is 27.9 Å². The molecule has 2 aliphatic rings. The Balaban J connectivity index is 1.67. The van der Waals surface area contributed by atoms with Crippen LogP contribution >= 0.6 is 11.8 Å². The Bertz CT molecular complexity index is 1290. The zero-order chi connectivity index (χ0) is 27.9. The molecule has 0 radical (unpaired) electrons. The minimum atomic E-state index is -0.614. The van der Waals surface area contributed by atoms with E-state index < -0.39 is 12.0 Å². The Morgan fingerprint density at radius 2 is 1.74 bits per heavy atom. The molecular formula is C29H33N3O6S. The molecule has 2 aromatic rings. The van der Waals surface area contributed by atoms with Crippen LogP contribution in [0, 0.1) is 0 Å². The van der Waals surface area contributed by atoms with Gasteiger partial charge in [-0.2, -0.15) is 0 Å². The number of rotatable bonds is 11. The number of thioether (sulfide) groups is 1. The van der Waals surface area contributed by atoms with Crippen molar-refractivity contribution in [1.29, 1.82) is 0 Å². The normalized spacial score (nSPS) is 17.2. The number of nitrogens with zero attached hydrogens (tertiary/aromatic N) is 2. The van der Waals surface area contributed by atoms with Crippen LogP contribution in [0.3, 0.4) is 0 Å². The average Bonchev–Trinajstić information content (AvgIpc) is 3.33. The number of fused-ring (bicyclic) bond motifs is 1. The predicted molar refractivity (Wildman–Crippen MR) is 150 cm³/mol. The van der Waals surface area contributed by atoms with Gasteiger partial charge in [-0.3, -0.25) is 4.79 Å². The standard InChI is InChI=1S/C29H33N3O6S/c1-18(20-9-7-6-8-10-20)30-25(33)15-22-17-39-29-31-19(2)26(28(34)38-12-11-35-3)27(32(22)29)21-13-23(36-4)16-24(14-21)37-5/h6-10,13-14,16-18,27H,11-12,15H2,1-5H3,(H,30,33). The van der Waals surface area contributed by atoms with Crippen LogP contribution < -0.4 is 14.8 Å². The molecule has 0 spiro atoms. The summed E-state index contributed by atoms with van der Waals surface area (Å²) in [6.07, 6.45) is 0.103. The SMILES string of the molecule is COCCOC(=O)C1=C(C)N=C2SC=C(CC(=O)NC(C)c3ccccc3)N2C1c1cc(OC)cc(OC)c1. The summed E-state index contributed by atoms with van der Waals surface area (Å²) in [6, 6.07) is 14.5. The lowest BCUT2D eigenvalue weighted by atomic mass is 9.93. The van der Waals surface area contributed by atoms with E-state index in [4.69, 9.17) is 23.9 Å². The van der Waals surface area contributed by atoms with Gasteiger partial charge in [-0.05, 0) is 42.5 Å². The summed E-state index contributed by atoms with van der Waals surface area (Å²) < 4.78 is 21.6. The molecule has 0 saturated heterocycles. The quantitative estimate of drug-likeness (QED) is 0.316. The second kappa shape index (κ2) is 12.9. The molecule has 206 valence electrons. The summed E-state index contributed by atoms with van der Waals surface area (Å²) in [6.45, 7) is 4.11. The Hall–Kier alpha value is -3.76. The first-order chi connectivity index (χ1) is 18.9. The highest BCUT2D eigenvalue weighted by atomic mass is 32.2. The molecule has 2 aliphatic heterocycles. The number of benzene rings is 2. The van der Waals surface area contributed by atoms with Crippen molar-refractivity contribution in [2.75, 3.05) is 34.5 Å². The number of hydrogen-bond acceptors (Lipinski definition) is 9. The van der Waals surface area contributed by atoms with Gasteiger partial charge in [0.2, 0.25) is 5.91 Å². The van der Waals surface area contributed by atoms with E-state index >= 15 is 0 Å². The maximum Gasteiger partial charge on any atom is 0.338 e. The van der Waals surface area contributed by atoms with Crippen LogP contribution in [0.5, 0.6) is 11.5 Å². The summed E-state index contributed by atoms with van der Waals surface area (Å²) in [4.78, 5) is 33.2. The third-order valence-corrected chi connectivity index (χ3v) is 7.34. The summed E-state index contributed by atoms with van der Waals surface area (Å²) >= 11 is 1.41. The molecule has 9 nitrogen and oxygen atoms in total. The van der Waals surface area contributed by atoms with E-state index in [9.17, 15) is 9.59 Å². The molecule has 0 bridgehead atoms. The largest absolute Gasteiger partial charge is 0.497 e. The molecule has 0 saturated carbocycles. The number of amides is 1. The molecule has 0 fully saturated rings. The number of carbonyl (C=O) groups excluding carboxylic acids is 2. The molecule has 0 aliphatic carbocycles. The fraction of sp³-hybridized carbons (Fsp3) is 0.345. The molecular weight excluding hydrogens is 518 g/mol. The molecule has 2 aromatic carbocycles. The summed E-state index contributed by atoms with van der Waals surface area (Å²) in [5, 5.41) is 5.65. The smallest absolute Gasteiger partial charge is 0.338 e. The number of esters is 1. The summed E-state index contributed by atoms with van der Waals surface area (Å²) in [5.74, 6) is 0.504. The molecule has 2 heterocycles. The van der Waals surface area contributed by atoms with Crippen LogP contribution in [-0.2, 0) is 19.1 Å². The van der Waals surface area contributed by atoms with Crippen LogP contribution in [0.4, 0.5) is 0 Å². The lowest BCUT2D eigenvalue weighted by molar-refractivity contribution is -0.141. The number of nitrogens with one attached hydrogen (secondary N) is 1. The van der Waals surface area contributed by atoms with Crippen LogP contribution in [0.2, 0.25) is 0 Å². The Morgan fingerprint density at radius 1 is 1.05 bits per heavy atom. The molecule has 10 heteroatoms. The van der Waals surface area contributed by atoms with E-state index in [-0.39, 0.29) is 31.6 Å². The van der Waals surface area contributed by atoms with Crippen molar-refractivity contribution in [3.63, 3.8) is 0 Å². The molecule has 1 N–H and O–H groups in total. The topological polar surface area (TPSA) is 98.7 Å². The van der Waals surface area contributed by atoms with Crippen molar-refractivity contribution in [3.8, 4) is 11.5 Å². The second-order valence-corrected chi connectivity index (χ2v) is 9.88. The number of ether oxygens (including phenoxy) is 4. The first kappa shape index (κ1) is 28.3. The van der Waals surface area contributed by atoms with Crippen LogP contribution in [0.1, 0.15) is 43.5 Å². The third kappa shape index (κ3) is 6.46. The molecule has 2 atom stereocenters. The molecule has 39 heavy (non-hydrogen) atoms. The average molecular weight is 552 g/mol. The minimum absolute atomic E-state index is 0.103. The first-order valence-corrected chi connectivity index (χ1v) is 13.4. The lowest BCUT2D eigenvalue weighted by Gasteiger charge is -2.36. The number of amidine groups is 1. The highest BCUT2D eigenvalue weighted by Gasteiger charge is 2.41. The second-order valence-electron chi connectivity index (χ2n) is 9.04. The van der Waals surface area contributed by atoms with Gasteiger partial charge in [0.1, 0.15) is 18.1 Å². The maximum atomic E-state index is 13.4. The van der Waals surface area contributed by atoms with E-state index in [1.807, 2.05) is 59.7 Å². The molecule has 2 unspecified atom stereocenters. The predicted octanol–water partition coefficient (Wildman–Crippen LogP) is 4.74. The van der Waals surface area contributed by atoms with Crippen molar-refractivity contribution in [1.82, 2.24) is 10.2 Å². The van der Waals surface area contributed by atoms with Crippen molar-refractivity contribution in [2.45, 2.75) is 32.4 Å². The first-order valence-electron chi connectivity index (χ1n) is 12.5. The monoisotopic (exact) mass is 551 g/mol. The highest BCUT2D eigenvalue weighted by molar-refractivity contribution is 8.16. The fourth-order valence-corrected chi connectivity index (χ4v) is 5.48. The van der Waals surface area contributed by atoms with E-state index in [1.54, 1.807) is 34.3 Å². The number of hydrogen-bond donors (Lipinski definition) is 1. The minimum Gasteiger partial charge on any atom is -0.497 e. The summed E-state index contributed by atoms with van der Waals surface area (Å²) in [7, 11) is 4.69. The Labute approximate surface area is 232 Å². The van der Waals surface area contributed by atoms with Gasteiger partial charge < -0.3 is 29.2 Å². The zero-order valence-corrected chi connectivity index (χ0v) is 23.5. The number of allylic oxidation sites excluding steroid dienone is 1. The van der Waals surface area contributed by atoms with Crippen molar-refractivity contribution < 1.29 is 28.5 Å². The van der Waals surface area contributed by atoms with Crippen LogP contribution in [-0.4, -0.2) is 56.5 Å². The Morgan fingerprint density at radius 3 is 2.38 bits per heavy atom. The van der Waals surface area contributed by atoms with Crippen molar-refractivity contribution in [2.24, 2.45) is 4.99 Å². The van der Waals surface area contributed by atoms with Crippen LogP contribution in [0.15, 0.2) is 75.9 Å². The van der Waals surface area contributed by atoms with E-state index in [1.165, 1.54) is 11.8 Å². The van der Waals surface area contributed by atoms with Crippen molar-refractivity contribution >= 4 is 28.8 Å². The number of carbonyl (C=O) groups is 2. The van der Waals surface area contributed by atoms with Crippen LogP contribution in [0.25, 0.3) is 0 Å². The van der Waals surface area contributed by atoms with Gasteiger partial charge in [-0.25, -0.2) is 9.79 Å². The maximum absolute atomic E-state index is 13.4. The molecule has 4 rings (SSSR count). The molecule has 1 amide bonds. The van der Waals surface area contributed by atoms with Gasteiger partial charge in [0.25, 0.3) is 0 Å². The third-order valence-electron chi connectivity index (χ3n) is 6.45. The van der Waals surface area contributed by atoms with E-state index in [0.717, 1.165) is 16.8 Å². The van der Waals surface area contributed by atoms with Gasteiger partial charge in [-0.15, -0.1) is 0 Å². The molecule has 0 aromatic heterocycles. The fourth-order valence-electron chi connectivity index (χ4n) is 4.51. The summed E-state index contributed by atoms with van der Waals surface area (Å²) in [5.41, 5.74) is 3.39. The van der Waals surface area contributed by atoms with Gasteiger partial charge in [0.15, 0.2) is 5.17 Å². The van der Waals surface area contributed by atoms with Gasteiger partial charge >= 0.3 is 5.97 Å². The van der Waals surface area contributed by atoms with Gasteiger partial charge in [0, 0.05) is 18.9 Å². The Kier molecular flexibility index (Phi) is 9.32. The zero-order valence-electron chi connectivity index (χ0n) is 22.7. The van der Waals surface area contributed by atoms with Gasteiger partial charge in [0.05, 0.1) is 50.6 Å². The number of methoxy groups -OCH3 is 3. The lowest BCUT2D eigenvalue weighted by Crippen LogP contribution is -2.38.